The van der Waals surface area contributed by atoms with E-state index in [1.54, 1.807) is 13.8 Å². The Morgan fingerprint density at radius 3 is 2.80 bits per heavy atom. The maximum atomic E-state index is 13.1. The maximum Gasteiger partial charge on any atom is 0.307 e. The second kappa shape index (κ2) is 5.13. The number of nitriles is 1. The molecule has 0 bridgehead atoms. The molecule has 0 spiro atoms. The van der Waals surface area contributed by atoms with E-state index in [0.717, 1.165) is 6.07 Å². The topological polar surface area (TPSA) is 78.9 Å². The van der Waals surface area contributed by atoms with Crippen molar-refractivity contribution in [1.29, 1.82) is 5.26 Å². The molecule has 0 fully saturated rings. The van der Waals surface area contributed by atoms with Gasteiger partial charge in [0.05, 0.1) is 23.4 Å². The van der Waals surface area contributed by atoms with Crippen molar-refractivity contribution in [1.82, 2.24) is 9.78 Å². The fraction of sp³-hybridized carbons (Fsp3) is 0.214. The summed E-state index contributed by atoms with van der Waals surface area (Å²) in [5.74, 6) is -1.45. The van der Waals surface area contributed by atoms with Crippen LogP contribution in [-0.4, -0.2) is 20.9 Å². The van der Waals surface area contributed by atoms with Crippen LogP contribution in [0.4, 0.5) is 4.39 Å². The minimum absolute atomic E-state index is 0.138. The normalized spacial score (nSPS) is 10.3. The van der Waals surface area contributed by atoms with E-state index in [1.165, 1.54) is 16.8 Å². The highest BCUT2D eigenvalue weighted by Crippen LogP contribution is 2.21. The van der Waals surface area contributed by atoms with Crippen molar-refractivity contribution < 1.29 is 14.3 Å². The summed E-state index contributed by atoms with van der Waals surface area (Å²) in [4.78, 5) is 10.8. The monoisotopic (exact) mass is 273 g/mol. The molecule has 5 nitrogen and oxygen atoms in total. The molecule has 0 saturated carbocycles. The standard InChI is InChI=1S/C14H12FN3O2/c1-8-12(6-14(19)20)9(2)18(17-8)13-4-3-11(15)5-10(13)7-16/h3-5H,6H2,1-2H3,(H,19,20). The van der Waals surface area contributed by atoms with Gasteiger partial charge in [0.15, 0.2) is 0 Å². The zero-order valence-electron chi connectivity index (χ0n) is 11.0. The Hall–Kier alpha value is -2.68. The lowest BCUT2D eigenvalue weighted by Gasteiger charge is -2.07. The fourth-order valence-corrected chi connectivity index (χ4v) is 2.10. The number of carbonyl (C=O) groups is 1. The number of hydrogen-bond donors (Lipinski definition) is 1. The second-order valence-corrected chi connectivity index (χ2v) is 4.40. The predicted molar refractivity (Wildman–Crippen MR) is 69.1 cm³/mol. The average Bonchev–Trinajstić information content (AvgIpc) is 2.66. The molecular weight excluding hydrogens is 261 g/mol. The van der Waals surface area contributed by atoms with Gasteiger partial charge in [0.25, 0.3) is 0 Å². The summed E-state index contributed by atoms with van der Waals surface area (Å²) >= 11 is 0. The van der Waals surface area contributed by atoms with Crippen LogP contribution in [0.2, 0.25) is 0 Å². The van der Waals surface area contributed by atoms with Gasteiger partial charge in [0.2, 0.25) is 0 Å². The molecule has 0 saturated heterocycles. The third-order valence-electron chi connectivity index (χ3n) is 3.08. The quantitative estimate of drug-likeness (QED) is 0.929. The molecule has 0 aliphatic carbocycles. The Labute approximate surface area is 114 Å². The fourth-order valence-electron chi connectivity index (χ4n) is 2.10. The summed E-state index contributed by atoms with van der Waals surface area (Å²) in [5, 5.41) is 22.2. The molecule has 6 heteroatoms. The van der Waals surface area contributed by atoms with Gasteiger partial charge in [-0.3, -0.25) is 4.79 Å². The first kappa shape index (κ1) is 13.7. The number of nitrogens with zero attached hydrogens (tertiary/aromatic N) is 3. The summed E-state index contributed by atoms with van der Waals surface area (Å²) in [7, 11) is 0. The molecule has 0 aliphatic rings. The Morgan fingerprint density at radius 2 is 2.20 bits per heavy atom. The molecule has 0 atom stereocenters. The highest BCUT2D eigenvalue weighted by atomic mass is 19.1. The van der Waals surface area contributed by atoms with Gasteiger partial charge in [0, 0.05) is 11.3 Å². The number of halogens is 1. The molecule has 2 rings (SSSR count). The van der Waals surface area contributed by atoms with E-state index >= 15 is 0 Å². The van der Waals surface area contributed by atoms with Crippen LogP contribution in [0.25, 0.3) is 5.69 Å². The molecule has 0 radical (unpaired) electrons. The minimum atomic E-state index is -0.949. The SMILES string of the molecule is Cc1nn(-c2ccc(F)cc2C#N)c(C)c1CC(=O)O. The van der Waals surface area contributed by atoms with Crippen molar-refractivity contribution in [2.24, 2.45) is 0 Å². The van der Waals surface area contributed by atoms with Crippen LogP contribution in [-0.2, 0) is 11.2 Å². The summed E-state index contributed by atoms with van der Waals surface area (Å²) in [6.07, 6.45) is -0.138. The molecular formula is C14H12FN3O2. The van der Waals surface area contributed by atoms with Crippen molar-refractivity contribution in [3.63, 3.8) is 0 Å². The van der Waals surface area contributed by atoms with Crippen LogP contribution < -0.4 is 0 Å². The lowest BCUT2D eigenvalue weighted by Crippen LogP contribution is -2.05. The molecule has 0 unspecified atom stereocenters. The molecule has 1 aromatic carbocycles. The highest BCUT2D eigenvalue weighted by Gasteiger charge is 2.17. The van der Waals surface area contributed by atoms with E-state index < -0.39 is 11.8 Å². The van der Waals surface area contributed by atoms with Crippen LogP contribution in [0.3, 0.4) is 0 Å². The van der Waals surface area contributed by atoms with Gasteiger partial charge < -0.3 is 5.11 Å². The van der Waals surface area contributed by atoms with Gasteiger partial charge in [-0.25, -0.2) is 9.07 Å². The van der Waals surface area contributed by atoms with Crippen molar-refractivity contribution in [2.75, 3.05) is 0 Å². The number of aliphatic carboxylic acids is 1. The Morgan fingerprint density at radius 1 is 1.50 bits per heavy atom. The Kier molecular flexibility index (Phi) is 3.53. The number of benzene rings is 1. The van der Waals surface area contributed by atoms with E-state index in [0.29, 0.717) is 22.6 Å². The van der Waals surface area contributed by atoms with Crippen molar-refractivity contribution in [3.05, 3.63) is 46.5 Å². The van der Waals surface area contributed by atoms with E-state index in [-0.39, 0.29) is 12.0 Å². The predicted octanol–water partition coefficient (Wildman–Crippen LogP) is 2.13. The van der Waals surface area contributed by atoms with Gasteiger partial charge in [-0.1, -0.05) is 0 Å². The molecule has 1 aromatic heterocycles. The third-order valence-corrected chi connectivity index (χ3v) is 3.08. The summed E-state index contributed by atoms with van der Waals surface area (Å²) in [5.41, 5.74) is 2.40. The smallest absolute Gasteiger partial charge is 0.307 e. The maximum absolute atomic E-state index is 13.1. The molecule has 20 heavy (non-hydrogen) atoms. The van der Waals surface area contributed by atoms with Gasteiger partial charge >= 0.3 is 5.97 Å². The van der Waals surface area contributed by atoms with Gasteiger partial charge in [0.1, 0.15) is 11.9 Å². The number of rotatable bonds is 3. The van der Waals surface area contributed by atoms with Crippen LogP contribution in [0.15, 0.2) is 18.2 Å². The molecule has 2 aromatic rings. The van der Waals surface area contributed by atoms with Gasteiger partial charge in [-0.2, -0.15) is 10.4 Å². The molecule has 102 valence electrons. The van der Waals surface area contributed by atoms with Crippen molar-refractivity contribution in [3.8, 4) is 11.8 Å². The van der Waals surface area contributed by atoms with Crippen LogP contribution in [0.5, 0.6) is 0 Å². The number of aryl methyl sites for hydroxylation is 1. The highest BCUT2D eigenvalue weighted by molar-refractivity contribution is 5.71. The molecule has 1 N–H and O–H groups in total. The average molecular weight is 273 g/mol. The second-order valence-electron chi connectivity index (χ2n) is 4.40. The lowest BCUT2D eigenvalue weighted by atomic mass is 10.1. The third kappa shape index (κ3) is 2.38. The number of hydrogen-bond acceptors (Lipinski definition) is 3. The van der Waals surface area contributed by atoms with Crippen LogP contribution in [0.1, 0.15) is 22.5 Å². The molecule has 0 amide bonds. The summed E-state index contributed by atoms with van der Waals surface area (Å²) in [6, 6.07) is 5.74. The first-order valence-corrected chi connectivity index (χ1v) is 5.91. The van der Waals surface area contributed by atoms with Crippen molar-refractivity contribution >= 4 is 5.97 Å². The number of carboxylic acid groups (broad SMARTS) is 1. The zero-order valence-corrected chi connectivity index (χ0v) is 11.0. The molecule has 0 aliphatic heterocycles. The number of aromatic nitrogens is 2. The largest absolute Gasteiger partial charge is 0.481 e. The van der Waals surface area contributed by atoms with E-state index in [1.807, 2.05) is 6.07 Å². The van der Waals surface area contributed by atoms with Crippen molar-refractivity contribution in [2.45, 2.75) is 20.3 Å². The van der Waals surface area contributed by atoms with E-state index in [4.69, 9.17) is 10.4 Å². The van der Waals surface area contributed by atoms with Crippen LogP contribution >= 0.6 is 0 Å². The molecule has 1 heterocycles. The number of carboxylic acids is 1. The Balaban J connectivity index is 2.60. The zero-order chi connectivity index (χ0) is 14.9. The first-order chi connectivity index (χ1) is 9.43. The summed E-state index contributed by atoms with van der Waals surface area (Å²) in [6.45, 7) is 3.43. The Bertz CT molecular complexity index is 729. The van der Waals surface area contributed by atoms with Gasteiger partial charge in [-0.15, -0.1) is 0 Å². The van der Waals surface area contributed by atoms with Crippen LogP contribution in [0, 0.1) is 31.0 Å². The lowest BCUT2D eigenvalue weighted by molar-refractivity contribution is -0.136. The van der Waals surface area contributed by atoms with E-state index in [9.17, 15) is 9.18 Å². The van der Waals surface area contributed by atoms with Gasteiger partial charge in [-0.05, 0) is 32.0 Å². The summed E-state index contributed by atoms with van der Waals surface area (Å²) < 4.78 is 14.6. The minimum Gasteiger partial charge on any atom is -0.481 e. The van der Waals surface area contributed by atoms with E-state index in [2.05, 4.69) is 5.10 Å². The first-order valence-electron chi connectivity index (χ1n) is 5.91.